The highest BCUT2D eigenvalue weighted by molar-refractivity contribution is 9.11. The second-order valence-electron chi connectivity index (χ2n) is 3.70. The second kappa shape index (κ2) is 6.54. The highest BCUT2D eigenvalue weighted by Gasteiger charge is 2.06. The molecule has 0 unspecified atom stereocenters. The average molecular weight is 336 g/mol. The summed E-state index contributed by atoms with van der Waals surface area (Å²) < 4.78 is 1.98. The maximum atomic E-state index is 9.37. The fourth-order valence-corrected chi connectivity index (χ4v) is 3.12. The second-order valence-corrected chi connectivity index (χ2v) is 5.41. The molecule has 0 bridgehead atoms. The van der Waals surface area contributed by atoms with Crippen molar-refractivity contribution in [3.8, 4) is 5.75 Å². The first-order chi connectivity index (χ1) is 7.15. The molecule has 0 aliphatic heterocycles. The summed E-state index contributed by atoms with van der Waals surface area (Å²) >= 11 is 6.95. The van der Waals surface area contributed by atoms with E-state index in [0.29, 0.717) is 5.75 Å². The molecule has 0 saturated heterocycles. The van der Waals surface area contributed by atoms with Crippen LogP contribution in [0.5, 0.6) is 5.75 Å². The number of hydrogen-bond donors (Lipinski definition) is 1. The standard InChI is InChI=1S/C12H16Br2O/c1-2-3-4-5-6-10-11(13)7-9(15)8-12(10)14/h7-8,15H,2-6H2,1H3. The molecule has 1 aromatic carbocycles. The maximum Gasteiger partial charge on any atom is 0.117 e. The van der Waals surface area contributed by atoms with E-state index in [1.54, 1.807) is 12.1 Å². The molecule has 1 aromatic rings. The van der Waals surface area contributed by atoms with Gasteiger partial charge in [0.1, 0.15) is 5.75 Å². The number of unbranched alkanes of at least 4 members (excludes halogenated alkanes) is 3. The van der Waals surface area contributed by atoms with Crippen molar-refractivity contribution in [2.45, 2.75) is 39.0 Å². The van der Waals surface area contributed by atoms with Crippen molar-refractivity contribution in [1.29, 1.82) is 0 Å². The van der Waals surface area contributed by atoms with Crippen LogP contribution in [-0.4, -0.2) is 5.11 Å². The first-order valence-electron chi connectivity index (χ1n) is 5.32. The molecule has 0 aliphatic rings. The van der Waals surface area contributed by atoms with Crippen LogP contribution in [0.25, 0.3) is 0 Å². The van der Waals surface area contributed by atoms with Gasteiger partial charge >= 0.3 is 0 Å². The Hall–Kier alpha value is -0.0200. The van der Waals surface area contributed by atoms with Crippen molar-refractivity contribution in [1.82, 2.24) is 0 Å². The van der Waals surface area contributed by atoms with Crippen LogP contribution < -0.4 is 0 Å². The van der Waals surface area contributed by atoms with E-state index in [-0.39, 0.29) is 0 Å². The summed E-state index contributed by atoms with van der Waals surface area (Å²) in [6.07, 6.45) is 6.10. The summed E-state index contributed by atoms with van der Waals surface area (Å²) in [6.45, 7) is 2.21. The molecular weight excluding hydrogens is 320 g/mol. The monoisotopic (exact) mass is 334 g/mol. The van der Waals surface area contributed by atoms with Gasteiger partial charge in [-0.15, -0.1) is 0 Å². The lowest BCUT2D eigenvalue weighted by atomic mass is 10.1. The Morgan fingerprint density at radius 1 is 1.07 bits per heavy atom. The fraction of sp³-hybridized carbons (Fsp3) is 0.500. The zero-order valence-corrected chi connectivity index (χ0v) is 12.1. The Balaban J connectivity index is 2.60. The molecular formula is C12H16Br2O. The van der Waals surface area contributed by atoms with Gasteiger partial charge in [0, 0.05) is 8.95 Å². The molecule has 0 aliphatic carbocycles. The zero-order valence-electron chi connectivity index (χ0n) is 8.89. The molecule has 0 aromatic heterocycles. The molecule has 0 amide bonds. The third-order valence-electron chi connectivity index (χ3n) is 2.41. The zero-order chi connectivity index (χ0) is 11.3. The molecule has 0 fully saturated rings. The third kappa shape index (κ3) is 4.15. The molecule has 0 saturated carbocycles. The Labute approximate surface area is 108 Å². The summed E-state index contributed by atoms with van der Waals surface area (Å²) in [4.78, 5) is 0. The first-order valence-corrected chi connectivity index (χ1v) is 6.90. The van der Waals surface area contributed by atoms with E-state index in [9.17, 15) is 5.11 Å². The molecule has 0 atom stereocenters. The molecule has 1 nitrogen and oxygen atoms in total. The first kappa shape index (κ1) is 13.0. The van der Waals surface area contributed by atoms with Crippen LogP contribution in [0.1, 0.15) is 38.2 Å². The molecule has 1 N–H and O–H groups in total. The van der Waals surface area contributed by atoms with Crippen molar-refractivity contribution < 1.29 is 5.11 Å². The summed E-state index contributed by atoms with van der Waals surface area (Å²) in [6, 6.07) is 3.50. The smallest absolute Gasteiger partial charge is 0.117 e. The van der Waals surface area contributed by atoms with E-state index >= 15 is 0 Å². The summed E-state index contributed by atoms with van der Waals surface area (Å²) in [5.74, 6) is 0.297. The minimum absolute atomic E-state index is 0.297. The number of aromatic hydroxyl groups is 1. The van der Waals surface area contributed by atoms with Gasteiger partial charge < -0.3 is 5.11 Å². The van der Waals surface area contributed by atoms with Gasteiger partial charge in [0.2, 0.25) is 0 Å². The van der Waals surface area contributed by atoms with E-state index in [2.05, 4.69) is 38.8 Å². The van der Waals surface area contributed by atoms with Gasteiger partial charge in [-0.05, 0) is 30.5 Å². The number of hydrogen-bond acceptors (Lipinski definition) is 1. The minimum atomic E-state index is 0.297. The largest absolute Gasteiger partial charge is 0.508 e. The van der Waals surface area contributed by atoms with Gasteiger partial charge in [-0.1, -0.05) is 58.0 Å². The lowest BCUT2D eigenvalue weighted by molar-refractivity contribution is 0.474. The predicted molar refractivity (Wildman–Crippen MR) is 71.4 cm³/mol. The predicted octanol–water partition coefficient (Wildman–Crippen LogP) is 5.04. The molecule has 15 heavy (non-hydrogen) atoms. The Kier molecular flexibility index (Phi) is 5.69. The molecule has 84 valence electrons. The van der Waals surface area contributed by atoms with Crippen molar-refractivity contribution >= 4 is 31.9 Å². The molecule has 0 spiro atoms. The van der Waals surface area contributed by atoms with E-state index in [1.807, 2.05) is 0 Å². The van der Waals surface area contributed by atoms with Crippen molar-refractivity contribution in [2.75, 3.05) is 0 Å². The van der Waals surface area contributed by atoms with Gasteiger partial charge in [-0.25, -0.2) is 0 Å². The van der Waals surface area contributed by atoms with Crippen LogP contribution in [0.4, 0.5) is 0 Å². The normalized spacial score (nSPS) is 10.6. The van der Waals surface area contributed by atoms with Crippen LogP contribution in [0.15, 0.2) is 21.1 Å². The summed E-state index contributed by atoms with van der Waals surface area (Å²) in [7, 11) is 0. The van der Waals surface area contributed by atoms with Crippen LogP contribution in [0, 0.1) is 0 Å². The highest BCUT2D eigenvalue weighted by atomic mass is 79.9. The Morgan fingerprint density at radius 3 is 2.20 bits per heavy atom. The molecule has 0 heterocycles. The number of phenols is 1. The maximum absolute atomic E-state index is 9.37. The Bertz CT molecular complexity index is 300. The number of phenolic OH excluding ortho intramolecular Hbond substituents is 1. The lowest BCUT2D eigenvalue weighted by Gasteiger charge is -2.08. The minimum Gasteiger partial charge on any atom is -0.508 e. The third-order valence-corrected chi connectivity index (χ3v) is 3.82. The number of rotatable bonds is 5. The SMILES string of the molecule is CCCCCCc1c(Br)cc(O)cc1Br. The van der Waals surface area contributed by atoms with Crippen molar-refractivity contribution in [2.24, 2.45) is 0 Å². The summed E-state index contributed by atoms with van der Waals surface area (Å²) in [5, 5.41) is 9.37. The van der Waals surface area contributed by atoms with Crippen LogP contribution in [-0.2, 0) is 6.42 Å². The van der Waals surface area contributed by atoms with Crippen molar-refractivity contribution in [3.05, 3.63) is 26.6 Å². The quantitative estimate of drug-likeness (QED) is 0.747. The van der Waals surface area contributed by atoms with Crippen molar-refractivity contribution in [3.63, 3.8) is 0 Å². The lowest BCUT2D eigenvalue weighted by Crippen LogP contribution is -1.89. The highest BCUT2D eigenvalue weighted by Crippen LogP contribution is 2.31. The Morgan fingerprint density at radius 2 is 1.67 bits per heavy atom. The molecule has 3 heteroatoms. The van der Waals surface area contributed by atoms with Gasteiger partial charge in [0.05, 0.1) is 0 Å². The van der Waals surface area contributed by atoms with Gasteiger partial charge in [-0.3, -0.25) is 0 Å². The molecule has 1 rings (SSSR count). The topological polar surface area (TPSA) is 20.2 Å². The van der Waals surface area contributed by atoms with Gasteiger partial charge in [0.15, 0.2) is 0 Å². The number of benzene rings is 1. The fourth-order valence-electron chi connectivity index (χ4n) is 1.56. The summed E-state index contributed by atoms with van der Waals surface area (Å²) in [5.41, 5.74) is 1.25. The molecule has 0 radical (unpaired) electrons. The van der Waals surface area contributed by atoms with Gasteiger partial charge in [0.25, 0.3) is 0 Å². The van der Waals surface area contributed by atoms with E-state index in [4.69, 9.17) is 0 Å². The van der Waals surface area contributed by atoms with Crippen LogP contribution in [0.3, 0.4) is 0 Å². The van der Waals surface area contributed by atoms with E-state index in [0.717, 1.165) is 15.4 Å². The van der Waals surface area contributed by atoms with Gasteiger partial charge in [-0.2, -0.15) is 0 Å². The van der Waals surface area contributed by atoms with E-state index in [1.165, 1.54) is 31.2 Å². The average Bonchev–Trinajstić information content (AvgIpc) is 2.15. The number of halogens is 2. The van der Waals surface area contributed by atoms with E-state index < -0.39 is 0 Å². The van der Waals surface area contributed by atoms with Crippen LogP contribution in [0.2, 0.25) is 0 Å². The van der Waals surface area contributed by atoms with Crippen LogP contribution >= 0.6 is 31.9 Å².